The van der Waals surface area contributed by atoms with Gasteiger partial charge in [0.2, 0.25) is 0 Å². The summed E-state index contributed by atoms with van der Waals surface area (Å²) in [6, 6.07) is 17.1. The average molecular weight is 357 g/mol. The van der Waals surface area contributed by atoms with Crippen LogP contribution in [0.15, 0.2) is 42.5 Å². The van der Waals surface area contributed by atoms with E-state index < -0.39 is 0 Å². The van der Waals surface area contributed by atoms with Crippen LogP contribution in [0.2, 0.25) is 0 Å². The molecule has 0 aliphatic rings. The van der Waals surface area contributed by atoms with Crippen molar-refractivity contribution in [1.29, 1.82) is 0 Å². The van der Waals surface area contributed by atoms with Gasteiger partial charge in [0, 0.05) is 0 Å². The topological polar surface area (TPSA) is 9.23 Å². The van der Waals surface area contributed by atoms with Crippen molar-refractivity contribution >= 4 is 13.6 Å². The second kappa shape index (κ2) is 8.45. The molecule has 0 unspecified atom stereocenters. The number of benzene rings is 2. The third-order valence-electron chi connectivity index (χ3n) is 2.51. The first-order valence-corrected chi connectivity index (χ1v) is 12.6. The molecule has 0 aliphatic carbocycles. The molecule has 0 heterocycles. The van der Waals surface area contributed by atoms with Gasteiger partial charge in [-0.3, -0.25) is 0 Å². The Labute approximate surface area is 126 Å². The van der Waals surface area contributed by atoms with E-state index in [9.17, 15) is 0 Å². The molecule has 0 amide bonds. The molecule has 18 heavy (non-hydrogen) atoms. The van der Waals surface area contributed by atoms with Crippen molar-refractivity contribution in [3.05, 3.63) is 65.2 Å². The van der Waals surface area contributed by atoms with Gasteiger partial charge >= 0.3 is 30.0 Å². The van der Waals surface area contributed by atoms with Crippen molar-refractivity contribution in [3.8, 4) is 5.75 Å². The second-order valence-electron chi connectivity index (χ2n) is 3.97. The minimum atomic E-state index is 0.610. The number of aryl methyl sites for hydroxylation is 2. The van der Waals surface area contributed by atoms with E-state index >= 15 is 0 Å². The molecular weight excluding hydrogens is 341 g/mol. The zero-order chi connectivity index (χ0) is 13.4. The number of ether oxygens (including phenoxy) is 1. The van der Waals surface area contributed by atoms with Crippen LogP contribution in [0.5, 0.6) is 5.75 Å². The minimum absolute atomic E-state index is 0.610. The molecule has 0 bridgehead atoms. The Morgan fingerprint density at radius 1 is 1.11 bits per heavy atom. The van der Waals surface area contributed by atoms with Gasteiger partial charge in [0.25, 0.3) is 0 Å². The Bertz CT molecular complexity index is 471. The summed E-state index contributed by atoms with van der Waals surface area (Å²) in [5.74, 6) is 0.957. The van der Waals surface area contributed by atoms with Gasteiger partial charge < -0.3 is 4.74 Å². The van der Waals surface area contributed by atoms with Gasteiger partial charge in [-0.25, -0.2) is 0 Å². The van der Waals surface area contributed by atoms with Crippen LogP contribution in [-0.2, 0) is 22.9 Å². The van der Waals surface area contributed by atoms with Gasteiger partial charge in [0.1, 0.15) is 5.75 Å². The normalized spacial score (nSPS) is 9.39. The van der Waals surface area contributed by atoms with Crippen molar-refractivity contribution in [2.24, 2.45) is 0 Å². The standard InChI is InChI=1S/C15H15O.BrH.Zn/c1-12-8-9-15(13(2)10-12)16-11-14-6-4-3-5-7-14;;/h4-10H,11H2,1-2H3;1H;/q-1;;+2/p-1. The first-order valence-electron chi connectivity index (χ1n) is 5.67. The Hall–Kier alpha value is -0.657. The molecule has 0 saturated heterocycles. The van der Waals surface area contributed by atoms with Gasteiger partial charge in [-0.1, -0.05) is 17.7 Å². The van der Waals surface area contributed by atoms with E-state index in [1.165, 1.54) is 33.0 Å². The summed E-state index contributed by atoms with van der Waals surface area (Å²) in [7, 11) is 0. The van der Waals surface area contributed by atoms with Crippen LogP contribution in [0.3, 0.4) is 0 Å². The summed E-state index contributed by atoms with van der Waals surface area (Å²) in [6.07, 6.45) is 0. The molecule has 0 N–H and O–H groups in total. The van der Waals surface area contributed by atoms with Crippen molar-refractivity contribution in [2.45, 2.75) is 20.5 Å². The van der Waals surface area contributed by atoms with E-state index in [-0.39, 0.29) is 0 Å². The molecule has 0 radical (unpaired) electrons. The first kappa shape index (κ1) is 15.4. The molecular formula is C15H15BrOZn. The van der Waals surface area contributed by atoms with E-state index in [4.69, 9.17) is 4.74 Å². The third-order valence-corrected chi connectivity index (χ3v) is 2.51. The predicted octanol–water partition coefficient (Wildman–Crippen LogP) is 4.53. The summed E-state index contributed by atoms with van der Waals surface area (Å²) >= 11 is 4.25. The Balaban J connectivity index is 0.000000771. The van der Waals surface area contributed by atoms with Crippen LogP contribution in [0.25, 0.3) is 0 Å². The van der Waals surface area contributed by atoms with Crippen molar-refractivity contribution in [1.82, 2.24) is 0 Å². The van der Waals surface area contributed by atoms with Crippen LogP contribution < -0.4 is 4.74 Å². The maximum absolute atomic E-state index is 5.76. The van der Waals surface area contributed by atoms with Gasteiger partial charge in [0.05, 0.1) is 6.61 Å². The van der Waals surface area contributed by atoms with E-state index in [2.05, 4.69) is 45.7 Å². The second-order valence-corrected chi connectivity index (χ2v) is 3.97. The molecule has 0 aromatic heterocycles. The SMILES string of the molecule is Cc1ccc(OCc2cc[c-]cc2)c(C)c1.[Zn+][Br]. The average Bonchev–Trinajstić information content (AvgIpc) is 2.41. The summed E-state index contributed by atoms with van der Waals surface area (Å²) in [4.78, 5) is 0. The molecule has 2 aromatic carbocycles. The molecule has 0 aliphatic heterocycles. The zero-order valence-electron chi connectivity index (χ0n) is 10.7. The van der Waals surface area contributed by atoms with Gasteiger partial charge in [-0.2, -0.15) is 30.3 Å². The molecule has 0 saturated carbocycles. The molecule has 0 spiro atoms. The Kier molecular flexibility index (Phi) is 7.23. The molecule has 2 rings (SSSR count). The van der Waals surface area contributed by atoms with Crippen LogP contribution in [0, 0.1) is 19.9 Å². The molecule has 0 fully saturated rings. The maximum atomic E-state index is 5.76. The van der Waals surface area contributed by atoms with Crippen molar-refractivity contribution in [3.63, 3.8) is 0 Å². The Morgan fingerprint density at radius 3 is 2.39 bits per heavy atom. The Morgan fingerprint density at radius 2 is 1.78 bits per heavy atom. The zero-order valence-corrected chi connectivity index (χ0v) is 15.3. The van der Waals surface area contributed by atoms with E-state index in [1.807, 2.05) is 30.3 Å². The van der Waals surface area contributed by atoms with Gasteiger partial charge in [-0.15, -0.1) is 5.56 Å². The van der Waals surface area contributed by atoms with Gasteiger partial charge in [0.15, 0.2) is 0 Å². The van der Waals surface area contributed by atoms with Crippen LogP contribution in [-0.4, -0.2) is 0 Å². The van der Waals surface area contributed by atoms with Crippen LogP contribution >= 0.6 is 13.6 Å². The van der Waals surface area contributed by atoms with Crippen LogP contribution in [0.1, 0.15) is 16.7 Å². The monoisotopic (exact) mass is 354 g/mol. The van der Waals surface area contributed by atoms with Crippen molar-refractivity contribution in [2.75, 3.05) is 0 Å². The first-order chi connectivity index (χ1) is 8.75. The molecule has 90 valence electrons. The number of halogens is 1. The molecule has 1 nitrogen and oxygen atoms in total. The molecule has 3 heteroatoms. The quantitative estimate of drug-likeness (QED) is 0.580. The number of hydrogen-bond donors (Lipinski definition) is 0. The van der Waals surface area contributed by atoms with Crippen LogP contribution in [0.4, 0.5) is 0 Å². The summed E-state index contributed by atoms with van der Waals surface area (Å²) in [5.41, 5.74) is 3.61. The number of rotatable bonds is 3. The van der Waals surface area contributed by atoms with Gasteiger partial charge in [-0.05, 0) is 25.5 Å². The predicted molar refractivity (Wildman–Crippen MR) is 74.5 cm³/mol. The van der Waals surface area contributed by atoms with E-state index in [1.54, 1.807) is 0 Å². The fourth-order valence-electron chi connectivity index (χ4n) is 1.64. The number of hydrogen-bond acceptors (Lipinski definition) is 1. The fraction of sp³-hybridized carbons (Fsp3) is 0.200. The van der Waals surface area contributed by atoms with E-state index in [0.29, 0.717) is 6.61 Å². The summed E-state index contributed by atoms with van der Waals surface area (Å²) in [6.45, 7) is 4.77. The van der Waals surface area contributed by atoms with E-state index in [0.717, 1.165) is 5.75 Å². The summed E-state index contributed by atoms with van der Waals surface area (Å²) in [5, 5.41) is 0. The van der Waals surface area contributed by atoms with Crippen molar-refractivity contribution < 1.29 is 21.1 Å². The molecule has 2 aromatic rings. The molecule has 0 atom stereocenters. The third kappa shape index (κ3) is 4.91. The summed E-state index contributed by atoms with van der Waals surface area (Å²) < 4.78 is 5.76. The fourth-order valence-corrected chi connectivity index (χ4v) is 1.64.